The highest BCUT2D eigenvalue weighted by Gasteiger charge is 2.30. The van der Waals surface area contributed by atoms with Gasteiger partial charge in [0.1, 0.15) is 0 Å². The monoisotopic (exact) mass is 444 g/mol. The van der Waals surface area contributed by atoms with Gasteiger partial charge in [0, 0.05) is 57.5 Å². The van der Waals surface area contributed by atoms with Crippen LogP contribution in [-0.2, 0) is 16.1 Å². The highest BCUT2D eigenvalue weighted by atomic mass is 16.2. The Labute approximate surface area is 194 Å². The average molecular weight is 445 g/mol. The average Bonchev–Trinajstić information content (AvgIpc) is 2.97. The van der Waals surface area contributed by atoms with Crippen LogP contribution in [0.4, 0.5) is 5.69 Å². The summed E-state index contributed by atoms with van der Waals surface area (Å²) in [7, 11) is 0. The Morgan fingerprint density at radius 3 is 2.33 bits per heavy atom. The van der Waals surface area contributed by atoms with E-state index in [1.807, 2.05) is 24.3 Å². The first-order chi connectivity index (χ1) is 16.0. The van der Waals surface area contributed by atoms with Crippen LogP contribution < -0.4 is 4.90 Å². The van der Waals surface area contributed by atoms with Gasteiger partial charge in [-0.05, 0) is 42.8 Å². The number of nitriles is 1. The number of nitrogens with zero attached hydrogens (tertiary/aromatic N) is 4. The molecule has 33 heavy (non-hydrogen) atoms. The zero-order valence-electron chi connectivity index (χ0n) is 18.7. The number of imide groups is 1. The van der Waals surface area contributed by atoms with Crippen molar-refractivity contribution in [2.24, 2.45) is 0 Å². The number of para-hydroxylation sites is 1. The summed E-state index contributed by atoms with van der Waals surface area (Å²) in [6.45, 7) is 5.45. The van der Waals surface area contributed by atoms with Crippen LogP contribution in [0.3, 0.4) is 0 Å². The lowest BCUT2D eigenvalue weighted by Crippen LogP contribution is -2.46. The van der Waals surface area contributed by atoms with E-state index < -0.39 is 0 Å². The van der Waals surface area contributed by atoms with Crippen molar-refractivity contribution < 1.29 is 14.4 Å². The molecule has 4 rings (SSSR count). The van der Waals surface area contributed by atoms with Gasteiger partial charge in [0.05, 0.1) is 17.3 Å². The molecule has 7 nitrogen and oxygen atoms in total. The third kappa shape index (κ3) is 5.54. The van der Waals surface area contributed by atoms with Crippen molar-refractivity contribution >= 4 is 23.3 Å². The summed E-state index contributed by atoms with van der Waals surface area (Å²) in [5, 5.41) is 8.92. The molecule has 2 aliphatic heterocycles. The highest BCUT2D eigenvalue weighted by molar-refractivity contribution is 6.20. The number of carbonyl (C=O) groups excluding carboxylic acids is 3. The van der Waals surface area contributed by atoms with Crippen molar-refractivity contribution in [3.05, 3.63) is 65.2 Å². The van der Waals surface area contributed by atoms with E-state index in [0.717, 1.165) is 39.3 Å². The molecular formula is C26H28N4O3. The first-order valence-electron chi connectivity index (χ1n) is 11.5. The van der Waals surface area contributed by atoms with Crippen molar-refractivity contribution in [1.82, 2.24) is 9.80 Å². The lowest BCUT2D eigenvalue weighted by molar-refractivity contribution is -0.126. The smallest absolute Gasteiger partial charge is 0.234 e. The molecule has 2 aliphatic rings. The van der Waals surface area contributed by atoms with Crippen LogP contribution >= 0.6 is 0 Å². The number of rotatable bonds is 6. The molecule has 2 heterocycles. The number of hydrogen-bond donors (Lipinski definition) is 0. The lowest BCUT2D eigenvalue weighted by Gasteiger charge is -2.34. The van der Waals surface area contributed by atoms with Crippen LogP contribution in [-0.4, -0.2) is 60.1 Å². The molecule has 7 heteroatoms. The zero-order chi connectivity index (χ0) is 23.2. The van der Waals surface area contributed by atoms with Crippen molar-refractivity contribution in [2.45, 2.75) is 32.2 Å². The maximum atomic E-state index is 12.9. The van der Waals surface area contributed by atoms with E-state index in [-0.39, 0.29) is 36.9 Å². The minimum Gasteiger partial charge on any atom is -0.301 e. The number of carbonyl (C=O) groups is 3. The van der Waals surface area contributed by atoms with E-state index in [1.165, 1.54) is 10.5 Å². The second-order valence-corrected chi connectivity index (χ2v) is 8.59. The van der Waals surface area contributed by atoms with E-state index >= 15 is 0 Å². The molecule has 0 spiro atoms. The molecule has 1 saturated heterocycles. The Balaban J connectivity index is 1.25. The molecule has 2 amide bonds. The first kappa shape index (κ1) is 22.8. The molecule has 1 fully saturated rings. The Morgan fingerprint density at radius 1 is 0.909 bits per heavy atom. The number of piperazine rings is 1. The Morgan fingerprint density at radius 2 is 1.61 bits per heavy atom. The molecular weight excluding hydrogens is 416 g/mol. The number of fused-ring (bicyclic) bond motifs is 1. The van der Waals surface area contributed by atoms with Gasteiger partial charge in [0.2, 0.25) is 11.8 Å². The van der Waals surface area contributed by atoms with E-state index in [4.69, 9.17) is 5.26 Å². The Bertz CT molecular complexity index is 1070. The van der Waals surface area contributed by atoms with Gasteiger partial charge >= 0.3 is 0 Å². The third-order valence-corrected chi connectivity index (χ3v) is 6.33. The van der Waals surface area contributed by atoms with Crippen LogP contribution in [0.5, 0.6) is 0 Å². The molecule has 0 atom stereocenters. The van der Waals surface area contributed by atoms with Crippen LogP contribution in [0.25, 0.3) is 0 Å². The van der Waals surface area contributed by atoms with Gasteiger partial charge in [-0.2, -0.15) is 5.26 Å². The Kier molecular flexibility index (Phi) is 7.28. The van der Waals surface area contributed by atoms with Gasteiger partial charge in [0.25, 0.3) is 0 Å². The van der Waals surface area contributed by atoms with E-state index in [1.54, 1.807) is 24.3 Å². The van der Waals surface area contributed by atoms with E-state index in [9.17, 15) is 14.4 Å². The number of anilines is 1. The fourth-order valence-corrected chi connectivity index (χ4v) is 4.46. The number of hydrogen-bond acceptors (Lipinski definition) is 6. The normalized spacial score (nSPS) is 17.4. The number of Topliss-reactive ketones (excluding diaryl/α,β-unsaturated/α-hetero) is 1. The second-order valence-electron chi connectivity index (χ2n) is 8.59. The maximum absolute atomic E-state index is 12.9. The molecule has 2 aromatic carbocycles. The molecule has 170 valence electrons. The predicted octanol–water partition coefficient (Wildman–Crippen LogP) is 2.99. The molecule has 0 saturated carbocycles. The first-order valence-corrected chi connectivity index (χ1v) is 11.5. The third-order valence-electron chi connectivity index (χ3n) is 6.33. The summed E-state index contributed by atoms with van der Waals surface area (Å²) >= 11 is 0. The summed E-state index contributed by atoms with van der Waals surface area (Å²) in [5.74, 6) is -0.621. The molecule has 0 radical (unpaired) electrons. The highest BCUT2D eigenvalue weighted by Crippen LogP contribution is 2.27. The van der Waals surface area contributed by atoms with Crippen LogP contribution in [0.15, 0.2) is 48.5 Å². The molecule has 0 aromatic heterocycles. The SMILES string of the molecule is N#Cc1ccc(CN2CCN(CCCC(=O)N3C(=O)CCC(=O)c4ccccc43)CC2)cc1. The van der Waals surface area contributed by atoms with Crippen LogP contribution in [0.1, 0.15) is 47.2 Å². The topological polar surface area (TPSA) is 84.7 Å². The van der Waals surface area contributed by atoms with Crippen molar-refractivity contribution in [1.29, 1.82) is 5.26 Å². The zero-order valence-corrected chi connectivity index (χ0v) is 18.7. The summed E-state index contributed by atoms with van der Waals surface area (Å²) in [6, 6.07) is 16.7. The minimum absolute atomic E-state index is 0.0699. The predicted molar refractivity (Wildman–Crippen MR) is 125 cm³/mol. The summed E-state index contributed by atoms with van der Waals surface area (Å²) in [4.78, 5) is 43.8. The number of ketones is 1. The second kappa shape index (κ2) is 10.5. The molecule has 0 unspecified atom stereocenters. The van der Waals surface area contributed by atoms with Gasteiger partial charge in [0.15, 0.2) is 5.78 Å². The molecule has 2 aromatic rings. The summed E-state index contributed by atoms with van der Waals surface area (Å²) in [5.41, 5.74) is 2.76. The van der Waals surface area contributed by atoms with E-state index in [2.05, 4.69) is 15.9 Å². The minimum atomic E-state index is -0.297. The summed E-state index contributed by atoms with van der Waals surface area (Å²) in [6.07, 6.45) is 1.17. The quantitative estimate of drug-likeness (QED) is 0.681. The van der Waals surface area contributed by atoms with Gasteiger partial charge in [-0.25, -0.2) is 4.90 Å². The van der Waals surface area contributed by atoms with Crippen molar-refractivity contribution in [3.63, 3.8) is 0 Å². The van der Waals surface area contributed by atoms with Gasteiger partial charge < -0.3 is 4.90 Å². The molecule has 0 aliphatic carbocycles. The summed E-state index contributed by atoms with van der Waals surface area (Å²) < 4.78 is 0. The fourth-order valence-electron chi connectivity index (χ4n) is 4.46. The van der Waals surface area contributed by atoms with Crippen LogP contribution in [0.2, 0.25) is 0 Å². The van der Waals surface area contributed by atoms with E-state index in [0.29, 0.717) is 23.2 Å². The Hall–Kier alpha value is -3.34. The number of benzene rings is 2. The largest absolute Gasteiger partial charge is 0.301 e. The fraction of sp³-hybridized carbons (Fsp3) is 0.385. The standard InChI is InChI=1S/C26H28N4O3/c27-18-20-7-9-21(10-8-20)19-29-16-14-28(15-17-29)13-3-6-25(32)30-23-5-2-1-4-22(23)24(31)11-12-26(30)33/h1-2,4-5,7-10H,3,6,11-17,19H2. The molecule has 0 bridgehead atoms. The molecule has 0 N–H and O–H groups in total. The van der Waals surface area contributed by atoms with Crippen LogP contribution in [0, 0.1) is 11.3 Å². The van der Waals surface area contributed by atoms with Gasteiger partial charge in [-0.3, -0.25) is 19.3 Å². The lowest BCUT2D eigenvalue weighted by atomic mass is 10.1. The maximum Gasteiger partial charge on any atom is 0.234 e. The van der Waals surface area contributed by atoms with Crippen molar-refractivity contribution in [2.75, 3.05) is 37.6 Å². The van der Waals surface area contributed by atoms with Gasteiger partial charge in [-0.15, -0.1) is 0 Å². The van der Waals surface area contributed by atoms with Crippen molar-refractivity contribution in [3.8, 4) is 6.07 Å². The number of amides is 2. The van der Waals surface area contributed by atoms with Gasteiger partial charge in [-0.1, -0.05) is 24.3 Å².